The molecule has 0 saturated heterocycles. The van der Waals surface area contributed by atoms with Crippen molar-refractivity contribution in [2.24, 2.45) is 5.73 Å². The minimum absolute atomic E-state index is 0.213. The summed E-state index contributed by atoms with van der Waals surface area (Å²) in [6.45, 7) is 9.60. The molecule has 0 aliphatic heterocycles. The lowest BCUT2D eigenvalue weighted by Gasteiger charge is -2.27. The van der Waals surface area contributed by atoms with Gasteiger partial charge in [0.15, 0.2) is 0 Å². The monoisotopic (exact) mass is 321 g/mol. The molecule has 130 valence electrons. The highest BCUT2D eigenvalue weighted by Gasteiger charge is 2.17. The number of hydrogen-bond donors (Lipinski definition) is 2. The molecule has 5 heteroatoms. The van der Waals surface area contributed by atoms with E-state index >= 15 is 0 Å². The normalized spacial score (nSPS) is 13.0. The Bertz CT molecular complexity index is 497. The van der Waals surface area contributed by atoms with E-state index in [4.69, 9.17) is 10.5 Å². The highest BCUT2D eigenvalue weighted by Crippen LogP contribution is 2.10. The minimum atomic E-state index is -0.473. The van der Waals surface area contributed by atoms with Crippen LogP contribution in [0.25, 0.3) is 0 Å². The molecule has 0 saturated carbocycles. The molecule has 1 rings (SSSR count). The predicted molar refractivity (Wildman–Crippen MR) is 94.3 cm³/mol. The molecule has 1 amide bonds. The van der Waals surface area contributed by atoms with Gasteiger partial charge in [0.2, 0.25) is 0 Å². The van der Waals surface area contributed by atoms with E-state index in [1.54, 1.807) is 0 Å². The largest absolute Gasteiger partial charge is 0.444 e. The third-order valence-corrected chi connectivity index (χ3v) is 3.56. The van der Waals surface area contributed by atoms with Crippen LogP contribution in [0.15, 0.2) is 24.3 Å². The molecule has 0 bridgehead atoms. The molecular formula is C18H31N3O2. The summed E-state index contributed by atoms with van der Waals surface area (Å²) >= 11 is 0. The van der Waals surface area contributed by atoms with E-state index in [1.165, 1.54) is 11.1 Å². The van der Waals surface area contributed by atoms with Crippen LogP contribution in [0, 0.1) is 6.92 Å². The van der Waals surface area contributed by atoms with E-state index in [2.05, 4.69) is 48.5 Å². The fourth-order valence-electron chi connectivity index (χ4n) is 2.40. The molecule has 1 aromatic rings. The van der Waals surface area contributed by atoms with E-state index in [0.717, 1.165) is 13.0 Å². The number of nitrogens with one attached hydrogen (secondary N) is 1. The summed E-state index contributed by atoms with van der Waals surface area (Å²) in [4.78, 5) is 13.9. The Morgan fingerprint density at radius 2 is 2.09 bits per heavy atom. The van der Waals surface area contributed by atoms with Crippen LogP contribution in [-0.2, 0) is 11.3 Å². The van der Waals surface area contributed by atoms with Gasteiger partial charge in [-0.05, 0) is 46.7 Å². The third-order valence-electron chi connectivity index (χ3n) is 3.56. The predicted octanol–water partition coefficient (Wildman–Crippen LogP) is 2.67. The first-order chi connectivity index (χ1) is 10.7. The fraction of sp³-hybridized carbons (Fsp3) is 0.611. The first-order valence-electron chi connectivity index (χ1n) is 8.14. The number of hydrogen-bond acceptors (Lipinski definition) is 4. The number of likely N-dealkylation sites (N-methyl/N-ethyl adjacent to an activating group) is 1. The number of nitrogens with zero attached hydrogens (tertiary/aromatic N) is 1. The Balaban J connectivity index is 2.42. The van der Waals surface area contributed by atoms with Crippen molar-refractivity contribution < 1.29 is 9.53 Å². The summed E-state index contributed by atoms with van der Waals surface area (Å²) in [5, 5.41) is 2.79. The highest BCUT2D eigenvalue weighted by molar-refractivity contribution is 5.67. The molecule has 0 spiro atoms. The van der Waals surface area contributed by atoms with Crippen molar-refractivity contribution in [1.82, 2.24) is 10.2 Å². The Morgan fingerprint density at radius 1 is 1.39 bits per heavy atom. The first-order valence-corrected chi connectivity index (χ1v) is 8.14. The summed E-state index contributed by atoms with van der Waals surface area (Å²) in [5.41, 5.74) is 7.94. The zero-order valence-electron chi connectivity index (χ0n) is 15.1. The van der Waals surface area contributed by atoms with Crippen molar-refractivity contribution in [3.05, 3.63) is 35.4 Å². The van der Waals surface area contributed by atoms with Gasteiger partial charge < -0.3 is 15.8 Å². The number of carbonyl (C=O) groups is 1. The van der Waals surface area contributed by atoms with E-state index in [-0.39, 0.29) is 12.1 Å². The van der Waals surface area contributed by atoms with Gasteiger partial charge in [-0.15, -0.1) is 0 Å². The number of ether oxygens (including phenoxy) is 1. The summed E-state index contributed by atoms with van der Waals surface area (Å²) in [6, 6.07) is 8.68. The van der Waals surface area contributed by atoms with Crippen molar-refractivity contribution in [3.8, 4) is 0 Å². The lowest BCUT2D eigenvalue weighted by Crippen LogP contribution is -2.41. The Hall–Kier alpha value is -1.59. The second kappa shape index (κ2) is 8.89. The van der Waals surface area contributed by atoms with Crippen LogP contribution in [0.5, 0.6) is 0 Å². The van der Waals surface area contributed by atoms with E-state index in [1.807, 2.05) is 20.8 Å². The average Bonchev–Trinajstić information content (AvgIpc) is 2.41. The Morgan fingerprint density at radius 3 is 2.65 bits per heavy atom. The average molecular weight is 321 g/mol. The molecule has 3 N–H and O–H groups in total. The van der Waals surface area contributed by atoms with Crippen LogP contribution in [0.3, 0.4) is 0 Å². The molecule has 0 aliphatic rings. The smallest absolute Gasteiger partial charge is 0.407 e. The molecule has 1 atom stereocenters. The van der Waals surface area contributed by atoms with Crippen molar-refractivity contribution in [1.29, 1.82) is 0 Å². The fourth-order valence-corrected chi connectivity index (χ4v) is 2.40. The number of benzene rings is 1. The zero-order valence-corrected chi connectivity index (χ0v) is 15.1. The van der Waals surface area contributed by atoms with Crippen LogP contribution in [0.1, 0.15) is 38.3 Å². The van der Waals surface area contributed by atoms with Gasteiger partial charge in [0.25, 0.3) is 0 Å². The van der Waals surface area contributed by atoms with E-state index in [0.29, 0.717) is 13.1 Å². The Kier molecular flexibility index (Phi) is 7.52. The van der Waals surface area contributed by atoms with Crippen molar-refractivity contribution in [3.63, 3.8) is 0 Å². The van der Waals surface area contributed by atoms with Crippen LogP contribution in [0.2, 0.25) is 0 Å². The SMILES string of the molecule is Cc1cccc(CN(C)C(CN)CCNC(=O)OC(C)(C)C)c1. The van der Waals surface area contributed by atoms with Crippen molar-refractivity contribution in [2.45, 2.75) is 52.3 Å². The summed E-state index contributed by atoms with van der Waals surface area (Å²) < 4.78 is 5.23. The number of aryl methyl sites for hydroxylation is 1. The molecule has 0 heterocycles. The molecule has 0 aliphatic carbocycles. The van der Waals surface area contributed by atoms with Gasteiger partial charge in [0.05, 0.1) is 0 Å². The van der Waals surface area contributed by atoms with Gasteiger partial charge in [0.1, 0.15) is 5.60 Å². The number of alkyl carbamates (subject to hydrolysis) is 1. The number of amides is 1. The number of nitrogens with two attached hydrogens (primary N) is 1. The molecule has 1 unspecified atom stereocenters. The molecule has 0 radical (unpaired) electrons. The maximum Gasteiger partial charge on any atom is 0.407 e. The van der Waals surface area contributed by atoms with Crippen LogP contribution < -0.4 is 11.1 Å². The summed E-state index contributed by atoms with van der Waals surface area (Å²) in [6.07, 6.45) is 0.410. The van der Waals surface area contributed by atoms with Crippen LogP contribution >= 0.6 is 0 Å². The molecule has 1 aromatic carbocycles. The number of carbonyl (C=O) groups excluding carboxylic acids is 1. The first kappa shape index (κ1) is 19.5. The van der Waals surface area contributed by atoms with Crippen LogP contribution in [-0.4, -0.2) is 42.8 Å². The van der Waals surface area contributed by atoms with Gasteiger partial charge in [0, 0.05) is 25.7 Å². The van der Waals surface area contributed by atoms with Gasteiger partial charge in [-0.1, -0.05) is 29.8 Å². The lowest BCUT2D eigenvalue weighted by molar-refractivity contribution is 0.0522. The molecule has 5 nitrogen and oxygen atoms in total. The minimum Gasteiger partial charge on any atom is -0.444 e. The van der Waals surface area contributed by atoms with Crippen molar-refractivity contribution in [2.75, 3.05) is 20.1 Å². The topological polar surface area (TPSA) is 67.6 Å². The molecule has 0 aromatic heterocycles. The number of rotatable bonds is 7. The van der Waals surface area contributed by atoms with Gasteiger partial charge in [-0.25, -0.2) is 4.79 Å². The second-order valence-corrected chi connectivity index (χ2v) is 7.01. The molecule has 0 fully saturated rings. The quantitative estimate of drug-likeness (QED) is 0.810. The summed E-state index contributed by atoms with van der Waals surface area (Å²) in [7, 11) is 2.06. The third kappa shape index (κ3) is 8.00. The molecular weight excluding hydrogens is 290 g/mol. The Labute approximate surface area is 140 Å². The zero-order chi connectivity index (χ0) is 17.5. The van der Waals surface area contributed by atoms with Crippen molar-refractivity contribution >= 4 is 6.09 Å². The van der Waals surface area contributed by atoms with E-state index in [9.17, 15) is 4.79 Å². The maximum atomic E-state index is 11.6. The lowest BCUT2D eigenvalue weighted by atomic mass is 10.1. The standard InChI is InChI=1S/C18H31N3O2/c1-14-7-6-8-15(11-14)13-21(5)16(12-19)9-10-20-17(22)23-18(2,3)4/h6-8,11,16H,9-10,12-13,19H2,1-5H3,(H,20,22). The van der Waals surface area contributed by atoms with Gasteiger partial charge in [-0.2, -0.15) is 0 Å². The molecule has 23 heavy (non-hydrogen) atoms. The highest BCUT2D eigenvalue weighted by atomic mass is 16.6. The second-order valence-electron chi connectivity index (χ2n) is 7.01. The van der Waals surface area contributed by atoms with E-state index < -0.39 is 5.60 Å². The van der Waals surface area contributed by atoms with Gasteiger partial charge in [-0.3, -0.25) is 4.90 Å². The maximum absolute atomic E-state index is 11.6. The van der Waals surface area contributed by atoms with Gasteiger partial charge >= 0.3 is 6.09 Å². The van der Waals surface area contributed by atoms with Crippen LogP contribution in [0.4, 0.5) is 4.79 Å². The summed E-state index contributed by atoms with van der Waals surface area (Å²) in [5.74, 6) is 0.